The van der Waals surface area contributed by atoms with Gasteiger partial charge in [-0.15, -0.1) is 0 Å². The number of unbranched alkanes of at least 4 members (excludes halogenated alkanes) is 1. The summed E-state index contributed by atoms with van der Waals surface area (Å²) in [6.07, 6.45) is 5.04. The summed E-state index contributed by atoms with van der Waals surface area (Å²) in [7, 11) is 0. The molecule has 1 unspecified atom stereocenters. The quantitative estimate of drug-likeness (QED) is 0.282. The number of amides is 1. The van der Waals surface area contributed by atoms with E-state index in [0.29, 0.717) is 24.5 Å². The van der Waals surface area contributed by atoms with Crippen LogP contribution >= 0.6 is 0 Å². The lowest BCUT2D eigenvalue weighted by Crippen LogP contribution is -2.39. The van der Waals surface area contributed by atoms with Crippen LogP contribution in [0.1, 0.15) is 64.5 Å². The Bertz CT molecular complexity index is 1060. The number of rotatable bonds is 12. The molecule has 0 aliphatic heterocycles. The molecule has 2 N–H and O–H groups in total. The van der Waals surface area contributed by atoms with Gasteiger partial charge in [-0.1, -0.05) is 57.5 Å². The van der Waals surface area contributed by atoms with Crippen LogP contribution < -0.4 is 10.2 Å². The number of aromatic hydroxyl groups is 1. The summed E-state index contributed by atoms with van der Waals surface area (Å²) in [6, 6.07) is 24.1. The fourth-order valence-electron chi connectivity index (χ4n) is 4.56. The van der Waals surface area contributed by atoms with E-state index in [2.05, 4.69) is 39.1 Å². The number of hydrogen-bond donors (Lipinski definition) is 2. The van der Waals surface area contributed by atoms with Crippen molar-refractivity contribution in [2.75, 3.05) is 10.2 Å². The molecule has 0 fully saturated rings. The predicted molar refractivity (Wildman–Crippen MR) is 148 cm³/mol. The zero-order valence-electron chi connectivity index (χ0n) is 21.6. The average Bonchev–Trinajstić information content (AvgIpc) is 2.84. The van der Waals surface area contributed by atoms with Gasteiger partial charge in [0.1, 0.15) is 5.75 Å². The van der Waals surface area contributed by atoms with Crippen molar-refractivity contribution in [3.05, 3.63) is 83.9 Å². The van der Waals surface area contributed by atoms with Crippen LogP contribution in [0.25, 0.3) is 0 Å². The number of phenolic OH excluding ortho intramolecular Hbond substituents is 1. The molecule has 0 saturated carbocycles. The summed E-state index contributed by atoms with van der Waals surface area (Å²) in [6.45, 7) is 8.68. The van der Waals surface area contributed by atoms with E-state index < -0.39 is 0 Å². The summed E-state index contributed by atoms with van der Waals surface area (Å²) >= 11 is 0. The number of carbonyl (C=O) groups is 1. The minimum absolute atomic E-state index is 0.107. The smallest absolute Gasteiger partial charge is 0.227 e. The van der Waals surface area contributed by atoms with E-state index in [4.69, 9.17) is 0 Å². The standard InChI is InChI=1S/C31H40N2O2/c1-5-6-10-26-22-25(13-19-30(26)34)14-20-31(35)33(24(4)21-23(2)3)29-17-15-28(16-18-29)32-27-11-8-7-9-12-27/h7-9,11-13,15-19,22-24,32,34H,5-6,10,14,20-21H2,1-4H3. The normalized spacial score (nSPS) is 11.9. The van der Waals surface area contributed by atoms with Crippen LogP contribution in [0, 0.1) is 5.92 Å². The second-order valence-corrected chi connectivity index (χ2v) is 9.85. The Hall–Kier alpha value is -3.27. The number of phenols is 1. The minimum Gasteiger partial charge on any atom is -0.508 e. The largest absolute Gasteiger partial charge is 0.508 e. The molecule has 186 valence electrons. The molecule has 35 heavy (non-hydrogen) atoms. The van der Waals surface area contributed by atoms with E-state index >= 15 is 0 Å². The van der Waals surface area contributed by atoms with Crippen molar-refractivity contribution < 1.29 is 9.90 Å². The molecule has 1 amide bonds. The zero-order valence-corrected chi connectivity index (χ0v) is 21.6. The maximum atomic E-state index is 13.5. The van der Waals surface area contributed by atoms with E-state index in [-0.39, 0.29) is 11.9 Å². The van der Waals surface area contributed by atoms with E-state index in [1.807, 2.05) is 65.6 Å². The fraction of sp³-hybridized carbons (Fsp3) is 0.387. The molecular weight excluding hydrogens is 432 g/mol. The fourth-order valence-corrected chi connectivity index (χ4v) is 4.56. The van der Waals surface area contributed by atoms with Crippen molar-refractivity contribution in [1.29, 1.82) is 0 Å². The molecule has 4 heteroatoms. The Labute approximate surface area is 211 Å². The number of anilines is 3. The molecule has 0 aromatic heterocycles. The molecule has 3 aromatic carbocycles. The summed E-state index contributed by atoms with van der Waals surface area (Å²) in [5, 5.41) is 13.6. The summed E-state index contributed by atoms with van der Waals surface area (Å²) in [4.78, 5) is 15.5. The van der Waals surface area contributed by atoms with E-state index in [9.17, 15) is 9.90 Å². The summed E-state index contributed by atoms with van der Waals surface area (Å²) < 4.78 is 0. The van der Waals surface area contributed by atoms with Gasteiger partial charge in [0.2, 0.25) is 5.91 Å². The second-order valence-electron chi connectivity index (χ2n) is 9.85. The van der Waals surface area contributed by atoms with Crippen LogP contribution in [-0.2, 0) is 17.6 Å². The van der Waals surface area contributed by atoms with Gasteiger partial charge in [-0.25, -0.2) is 0 Å². The van der Waals surface area contributed by atoms with E-state index in [1.54, 1.807) is 6.07 Å². The Morgan fingerprint density at radius 2 is 1.60 bits per heavy atom. The third-order valence-corrected chi connectivity index (χ3v) is 6.30. The SMILES string of the molecule is CCCCc1cc(CCC(=O)N(c2ccc(Nc3ccccc3)cc2)C(C)CC(C)C)ccc1O. The Morgan fingerprint density at radius 3 is 2.26 bits per heavy atom. The first-order chi connectivity index (χ1) is 16.9. The van der Waals surface area contributed by atoms with Crippen molar-refractivity contribution in [3.8, 4) is 5.75 Å². The molecule has 0 radical (unpaired) electrons. The van der Waals surface area contributed by atoms with Crippen molar-refractivity contribution in [1.82, 2.24) is 0 Å². The topological polar surface area (TPSA) is 52.6 Å². The number of nitrogens with one attached hydrogen (secondary N) is 1. The summed E-state index contributed by atoms with van der Waals surface area (Å²) in [5.41, 5.74) is 5.03. The lowest BCUT2D eigenvalue weighted by molar-refractivity contribution is -0.119. The van der Waals surface area contributed by atoms with Gasteiger partial charge in [0.25, 0.3) is 0 Å². The molecule has 1 atom stereocenters. The Morgan fingerprint density at radius 1 is 0.914 bits per heavy atom. The Kier molecular flexibility index (Phi) is 9.77. The molecule has 4 nitrogen and oxygen atoms in total. The molecule has 0 saturated heterocycles. The van der Waals surface area contributed by atoms with Crippen LogP contribution in [0.3, 0.4) is 0 Å². The lowest BCUT2D eigenvalue weighted by atomic mass is 10.00. The molecule has 0 bridgehead atoms. The van der Waals surface area contributed by atoms with Gasteiger partial charge in [-0.3, -0.25) is 4.79 Å². The highest BCUT2D eigenvalue weighted by Crippen LogP contribution is 2.27. The lowest BCUT2D eigenvalue weighted by Gasteiger charge is -2.31. The van der Waals surface area contributed by atoms with Crippen molar-refractivity contribution in [3.63, 3.8) is 0 Å². The molecular formula is C31H40N2O2. The van der Waals surface area contributed by atoms with Gasteiger partial charge in [0, 0.05) is 29.5 Å². The van der Waals surface area contributed by atoms with Crippen LogP contribution in [0.15, 0.2) is 72.8 Å². The van der Waals surface area contributed by atoms with Gasteiger partial charge < -0.3 is 15.3 Å². The molecule has 0 spiro atoms. The van der Waals surface area contributed by atoms with Gasteiger partial charge in [0.15, 0.2) is 0 Å². The van der Waals surface area contributed by atoms with Crippen molar-refractivity contribution in [2.45, 2.75) is 72.3 Å². The first-order valence-corrected chi connectivity index (χ1v) is 12.9. The molecule has 3 rings (SSSR count). The van der Waals surface area contributed by atoms with Gasteiger partial charge in [-0.2, -0.15) is 0 Å². The third-order valence-electron chi connectivity index (χ3n) is 6.30. The van der Waals surface area contributed by atoms with Gasteiger partial charge in [0.05, 0.1) is 0 Å². The van der Waals surface area contributed by atoms with Crippen LogP contribution in [-0.4, -0.2) is 17.1 Å². The zero-order chi connectivity index (χ0) is 25.2. The van der Waals surface area contributed by atoms with Gasteiger partial charge >= 0.3 is 0 Å². The highest BCUT2D eigenvalue weighted by molar-refractivity contribution is 5.94. The van der Waals surface area contributed by atoms with Crippen molar-refractivity contribution >= 4 is 23.0 Å². The van der Waals surface area contributed by atoms with Crippen molar-refractivity contribution in [2.24, 2.45) is 5.92 Å². The van der Waals surface area contributed by atoms with Crippen LogP contribution in [0.5, 0.6) is 5.75 Å². The number of nitrogens with zero attached hydrogens (tertiary/aromatic N) is 1. The molecule has 3 aromatic rings. The average molecular weight is 473 g/mol. The highest BCUT2D eigenvalue weighted by atomic mass is 16.3. The monoisotopic (exact) mass is 472 g/mol. The van der Waals surface area contributed by atoms with Gasteiger partial charge in [-0.05, 0) is 92.1 Å². The third kappa shape index (κ3) is 7.88. The van der Waals surface area contributed by atoms with E-state index in [0.717, 1.165) is 53.9 Å². The van der Waals surface area contributed by atoms with Crippen LogP contribution in [0.2, 0.25) is 0 Å². The highest BCUT2D eigenvalue weighted by Gasteiger charge is 2.23. The minimum atomic E-state index is 0.107. The van der Waals surface area contributed by atoms with E-state index in [1.165, 1.54) is 0 Å². The van der Waals surface area contributed by atoms with Crippen LogP contribution in [0.4, 0.5) is 17.1 Å². The number of carbonyl (C=O) groups excluding carboxylic acids is 1. The second kappa shape index (κ2) is 13.0. The molecule has 0 aliphatic carbocycles. The molecule has 0 heterocycles. The maximum absolute atomic E-state index is 13.5. The Balaban J connectivity index is 1.73. The number of para-hydroxylation sites is 1. The summed E-state index contributed by atoms with van der Waals surface area (Å²) in [5.74, 6) is 0.979. The number of aryl methyl sites for hydroxylation is 2. The number of hydrogen-bond acceptors (Lipinski definition) is 3. The maximum Gasteiger partial charge on any atom is 0.227 e. The number of benzene rings is 3. The first kappa shape index (κ1) is 26.3. The molecule has 0 aliphatic rings. The predicted octanol–water partition coefficient (Wildman–Crippen LogP) is 7.88. The first-order valence-electron chi connectivity index (χ1n) is 12.9.